The molecule has 0 aliphatic carbocycles. The lowest BCUT2D eigenvalue weighted by Gasteiger charge is -2.00. The number of benzene rings is 1. The van der Waals surface area contributed by atoms with Gasteiger partial charge in [-0.2, -0.15) is 0 Å². The Morgan fingerprint density at radius 3 is 3.12 bits per heavy atom. The predicted octanol–water partition coefficient (Wildman–Crippen LogP) is 2.20. The summed E-state index contributed by atoms with van der Waals surface area (Å²) in [6, 6.07) is 3.10. The third-order valence-electron chi connectivity index (χ3n) is 2.35. The molecule has 0 amide bonds. The van der Waals surface area contributed by atoms with E-state index < -0.39 is 0 Å². The fourth-order valence-corrected chi connectivity index (χ4v) is 1.85. The molecule has 4 nitrogen and oxygen atoms in total. The lowest BCUT2D eigenvalue weighted by atomic mass is 10.3. The van der Waals surface area contributed by atoms with Crippen LogP contribution in [0.15, 0.2) is 16.6 Å². The molecular formula is C11H13BrFN3O. The third-order valence-corrected chi connectivity index (χ3v) is 2.96. The zero-order chi connectivity index (χ0) is 12.3. The summed E-state index contributed by atoms with van der Waals surface area (Å²) in [5, 5.41) is 3.17. The van der Waals surface area contributed by atoms with Crippen molar-refractivity contribution in [2.24, 2.45) is 0 Å². The average Bonchev–Trinajstić information content (AvgIpc) is 2.67. The Bertz CT molecular complexity index is 476. The van der Waals surface area contributed by atoms with Crippen molar-refractivity contribution in [1.82, 2.24) is 15.3 Å². The van der Waals surface area contributed by atoms with Crippen LogP contribution < -0.4 is 5.32 Å². The Kier molecular flexibility index (Phi) is 4.09. The Morgan fingerprint density at radius 1 is 1.53 bits per heavy atom. The molecule has 0 fully saturated rings. The number of aromatic amines is 1. The van der Waals surface area contributed by atoms with Crippen LogP contribution in [0, 0.1) is 5.82 Å². The SMILES string of the molecule is COCCNCc1nc2cc(Br)c(F)cc2[nH]1. The van der Waals surface area contributed by atoms with Crippen LogP contribution in [0.1, 0.15) is 5.82 Å². The van der Waals surface area contributed by atoms with E-state index in [0.717, 1.165) is 17.9 Å². The first-order valence-electron chi connectivity index (χ1n) is 5.24. The molecule has 1 aromatic heterocycles. The van der Waals surface area contributed by atoms with E-state index in [0.29, 0.717) is 23.1 Å². The van der Waals surface area contributed by atoms with Crippen molar-refractivity contribution in [2.45, 2.75) is 6.54 Å². The van der Waals surface area contributed by atoms with Crippen molar-refractivity contribution in [1.29, 1.82) is 0 Å². The first-order valence-corrected chi connectivity index (χ1v) is 6.03. The van der Waals surface area contributed by atoms with Gasteiger partial charge in [0.15, 0.2) is 0 Å². The van der Waals surface area contributed by atoms with Crippen molar-refractivity contribution < 1.29 is 9.13 Å². The summed E-state index contributed by atoms with van der Waals surface area (Å²) in [4.78, 5) is 7.42. The van der Waals surface area contributed by atoms with Crippen LogP contribution in [-0.2, 0) is 11.3 Å². The zero-order valence-corrected chi connectivity index (χ0v) is 11.0. The van der Waals surface area contributed by atoms with Crippen molar-refractivity contribution in [3.05, 3.63) is 28.2 Å². The van der Waals surface area contributed by atoms with E-state index in [2.05, 4.69) is 31.2 Å². The largest absolute Gasteiger partial charge is 0.383 e. The van der Waals surface area contributed by atoms with E-state index in [-0.39, 0.29) is 5.82 Å². The van der Waals surface area contributed by atoms with E-state index in [1.54, 1.807) is 13.2 Å². The number of halogens is 2. The van der Waals surface area contributed by atoms with Gasteiger partial charge in [-0.25, -0.2) is 9.37 Å². The standard InChI is InChI=1S/C11H13BrFN3O/c1-17-3-2-14-6-11-15-9-4-7(12)8(13)5-10(9)16-11/h4-5,14H,2-3,6H2,1H3,(H,15,16). The Labute approximate surface area is 107 Å². The number of nitrogens with zero attached hydrogens (tertiary/aromatic N) is 1. The molecule has 1 aromatic carbocycles. The van der Waals surface area contributed by atoms with Gasteiger partial charge >= 0.3 is 0 Å². The van der Waals surface area contributed by atoms with Crippen LogP contribution in [0.25, 0.3) is 11.0 Å². The number of ether oxygens (including phenoxy) is 1. The number of hydrogen-bond donors (Lipinski definition) is 2. The van der Waals surface area contributed by atoms with E-state index in [4.69, 9.17) is 4.74 Å². The van der Waals surface area contributed by atoms with Gasteiger partial charge in [-0.05, 0) is 22.0 Å². The minimum absolute atomic E-state index is 0.292. The molecule has 17 heavy (non-hydrogen) atoms. The maximum absolute atomic E-state index is 13.3. The van der Waals surface area contributed by atoms with Crippen LogP contribution >= 0.6 is 15.9 Å². The summed E-state index contributed by atoms with van der Waals surface area (Å²) in [5.74, 6) is 0.494. The van der Waals surface area contributed by atoms with Crippen molar-refractivity contribution in [2.75, 3.05) is 20.3 Å². The van der Waals surface area contributed by atoms with Crippen LogP contribution in [0.2, 0.25) is 0 Å². The maximum Gasteiger partial charge on any atom is 0.139 e. The smallest absolute Gasteiger partial charge is 0.139 e. The average molecular weight is 302 g/mol. The van der Waals surface area contributed by atoms with Gasteiger partial charge in [0.1, 0.15) is 11.6 Å². The summed E-state index contributed by atoms with van der Waals surface area (Å²) in [6.07, 6.45) is 0. The number of H-pyrrole nitrogens is 1. The molecule has 0 aliphatic heterocycles. The molecular weight excluding hydrogens is 289 g/mol. The Balaban J connectivity index is 2.09. The second-order valence-electron chi connectivity index (χ2n) is 3.64. The van der Waals surface area contributed by atoms with Crippen molar-refractivity contribution in [3.8, 4) is 0 Å². The van der Waals surface area contributed by atoms with Crippen LogP contribution in [0.3, 0.4) is 0 Å². The maximum atomic E-state index is 13.3. The van der Waals surface area contributed by atoms with Crippen molar-refractivity contribution in [3.63, 3.8) is 0 Å². The molecule has 6 heteroatoms. The minimum Gasteiger partial charge on any atom is -0.383 e. The highest BCUT2D eigenvalue weighted by molar-refractivity contribution is 9.10. The highest BCUT2D eigenvalue weighted by Gasteiger charge is 2.06. The Morgan fingerprint density at radius 2 is 2.35 bits per heavy atom. The van der Waals surface area contributed by atoms with Crippen LogP contribution in [0.4, 0.5) is 4.39 Å². The highest BCUT2D eigenvalue weighted by Crippen LogP contribution is 2.21. The molecule has 0 saturated carbocycles. The molecule has 0 spiro atoms. The van der Waals surface area contributed by atoms with Crippen LogP contribution in [0.5, 0.6) is 0 Å². The number of nitrogens with one attached hydrogen (secondary N) is 2. The summed E-state index contributed by atoms with van der Waals surface area (Å²) >= 11 is 3.14. The van der Waals surface area contributed by atoms with E-state index in [1.165, 1.54) is 6.07 Å². The lowest BCUT2D eigenvalue weighted by molar-refractivity contribution is 0.199. The molecule has 0 aliphatic rings. The second-order valence-corrected chi connectivity index (χ2v) is 4.49. The van der Waals surface area contributed by atoms with E-state index >= 15 is 0 Å². The summed E-state index contributed by atoms with van der Waals surface area (Å²) in [7, 11) is 1.66. The van der Waals surface area contributed by atoms with E-state index in [1.807, 2.05) is 0 Å². The molecule has 2 aromatic rings. The number of aromatic nitrogens is 2. The van der Waals surface area contributed by atoms with Gasteiger partial charge < -0.3 is 15.0 Å². The minimum atomic E-state index is -0.292. The van der Waals surface area contributed by atoms with Crippen molar-refractivity contribution >= 4 is 27.0 Å². The van der Waals surface area contributed by atoms with Gasteiger partial charge in [-0.15, -0.1) is 0 Å². The molecule has 0 unspecified atom stereocenters. The number of methoxy groups -OCH3 is 1. The van der Waals surface area contributed by atoms with Gasteiger partial charge in [0.2, 0.25) is 0 Å². The van der Waals surface area contributed by atoms with Gasteiger partial charge in [-0.3, -0.25) is 0 Å². The number of rotatable bonds is 5. The second kappa shape index (κ2) is 5.57. The quantitative estimate of drug-likeness (QED) is 0.833. The summed E-state index contributed by atoms with van der Waals surface area (Å²) in [5.41, 5.74) is 1.45. The first kappa shape index (κ1) is 12.5. The van der Waals surface area contributed by atoms with E-state index in [9.17, 15) is 4.39 Å². The van der Waals surface area contributed by atoms with Gasteiger partial charge in [0.05, 0.1) is 28.7 Å². The normalized spacial score (nSPS) is 11.2. The van der Waals surface area contributed by atoms with Gasteiger partial charge in [0.25, 0.3) is 0 Å². The zero-order valence-electron chi connectivity index (χ0n) is 9.39. The predicted molar refractivity (Wildman–Crippen MR) is 67.3 cm³/mol. The fourth-order valence-electron chi connectivity index (χ4n) is 1.52. The molecule has 0 bridgehead atoms. The number of hydrogen-bond acceptors (Lipinski definition) is 3. The molecule has 0 atom stereocenters. The molecule has 2 rings (SSSR count). The fraction of sp³-hybridized carbons (Fsp3) is 0.364. The molecule has 1 heterocycles. The van der Waals surface area contributed by atoms with Gasteiger partial charge in [-0.1, -0.05) is 0 Å². The summed E-state index contributed by atoms with van der Waals surface area (Å²) < 4.78 is 18.6. The third kappa shape index (κ3) is 3.02. The number of imidazole rings is 1. The number of fused-ring (bicyclic) bond motifs is 1. The molecule has 2 N–H and O–H groups in total. The highest BCUT2D eigenvalue weighted by atomic mass is 79.9. The molecule has 92 valence electrons. The monoisotopic (exact) mass is 301 g/mol. The molecule has 0 saturated heterocycles. The molecule has 0 radical (unpaired) electrons. The first-order chi connectivity index (χ1) is 8.20. The lowest BCUT2D eigenvalue weighted by Crippen LogP contribution is -2.19. The van der Waals surface area contributed by atoms with Gasteiger partial charge in [0, 0.05) is 19.7 Å². The van der Waals surface area contributed by atoms with Crippen LogP contribution in [-0.4, -0.2) is 30.2 Å². The topological polar surface area (TPSA) is 49.9 Å². The summed E-state index contributed by atoms with van der Waals surface area (Å²) in [6.45, 7) is 2.02. The Hall–Kier alpha value is -0.980.